The van der Waals surface area contributed by atoms with E-state index in [9.17, 15) is 0 Å². The lowest BCUT2D eigenvalue weighted by Crippen LogP contribution is -2.03. The molecule has 1 aromatic heterocycles. The van der Waals surface area contributed by atoms with E-state index in [-0.39, 0.29) is 0 Å². The predicted molar refractivity (Wildman–Crippen MR) is 55.0 cm³/mol. The van der Waals surface area contributed by atoms with E-state index in [1.165, 1.54) is 31.2 Å². The first-order valence-corrected chi connectivity index (χ1v) is 5.89. The summed E-state index contributed by atoms with van der Waals surface area (Å²) in [5.74, 6) is 0.858. The molecule has 0 radical (unpaired) electrons. The third kappa shape index (κ3) is 1.83. The molecular weight excluding hydrogens is 188 g/mol. The van der Waals surface area contributed by atoms with E-state index in [1.807, 2.05) is 0 Å². The Morgan fingerprint density at radius 1 is 1.50 bits per heavy atom. The summed E-state index contributed by atoms with van der Waals surface area (Å²) >= 11 is 7.68. The summed E-state index contributed by atoms with van der Waals surface area (Å²) in [5.41, 5.74) is 2.01. The van der Waals surface area contributed by atoms with Crippen LogP contribution in [-0.2, 0) is 6.42 Å². The summed E-state index contributed by atoms with van der Waals surface area (Å²) < 4.78 is 0. The van der Waals surface area contributed by atoms with Gasteiger partial charge in [-0.1, -0.05) is 0 Å². The Balaban J connectivity index is 1.83. The monoisotopic (exact) mass is 200 g/mol. The smallest absolute Gasteiger partial charge is 0.0280 e. The van der Waals surface area contributed by atoms with Crippen LogP contribution in [0.5, 0.6) is 0 Å². The van der Waals surface area contributed by atoms with Crippen molar-refractivity contribution < 1.29 is 0 Å². The highest BCUT2D eigenvalue weighted by Crippen LogP contribution is 2.50. The Bertz CT molecular complexity index is 236. The first-order valence-electron chi connectivity index (χ1n) is 4.42. The molecule has 1 heterocycles. The molecule has 0 amide bonds. The summed E-state index contributed by atoms with van der Waals surface area (Å²) in [7, 11) is 0. The number of aryl methyl sites for hydroxylation is 1. The van der Waals surface area contributed by atoms with Gasteiger partial charge in [0.15, 0.2) is 0 Å². The van der Waals surface area contributed by atoms with Crippen LogP contribution in [0, 0.1) is 5.41 Å². The molecule has 1 aliphatic rings. The summed E-state index contributed by atoms with van der Waals surface area (Å²) in [6, 6.07) is 2.22. The Hall–Kier alpha value is -0.0100. The zero-order valence-electron chi connectivity index (χ0n) is 7.05. The van der Waals surface area contributed by atoms with Gasteiger partial charge in [-0.3, -0.25) is 0 Å². The number of halogens is 1. The van der Waals surface area contributed by atoms with Crippen LogP contribution < -0.4 is 0 Å². The van der Waals surface area contributed by atoms with Crippen LogP contribution in [0.15, 0.2) is 16.8 Å². The summed E-state index contributed by atoms with van der Waals surface area (Å²) in [6.07, 6.45) is 5.20. The standard InChI is InChI=1S/C10H13ClS/c11-8-10(4-5-10)3-1-9-2-6-12-7-9/h2,6-7H,1,3-5,8H2. The summed E-state index contributed by atoms with van der Waals surface area (Å²) in [5, 5.41) is 4.39. The van der Waals surface area contributed by atoms with Crippen molar-refractivity contribution >= 4 is 22.9 Å². The molecule has 2 rings (SSSR count). The predicted octanol–water partition coefficient (Wildman–Crippen LogP) is 3.70. The second-order valence-electron chi connectivity index (χ2n) is 3.77. The van der Waals surface area contributed by atoms with Gasteiger partial charge in [-0.2, -0.15) is 11.3 Å². The van der Waals surface area contributed by atoms with Gasteiger partial charge in [0.2, 0.25) is 0 Å². The van der Waals surface area contributed by atoms with Gasteiger partial charge in [0.1, 0.15) is 0 Å². The molecule has 0 atom stereocenters. The molecule has 1 aliphatic carbocycles. The van der Waals surface area contributed by atoms with Crippen LogP contribution in [0.25, 0.3) is 0 Å². The van der Waals surface area contributed by atoms with Gasteiger partial charge in [-0.05, 0) is 53.5 Å². The Morgan fingerprint density at radius 2 is 2.33 bits per heavy atom. The summed E-state index contributed by atoms with van der Waals surface area (Å²) in [6.45, 7) is 0. The highest BCUT2D eigenvalue weighted by Gasteiger charge is 2.40. The minimum Gasteiger partial charge on any atom is -0.152 e. The minimum atomic E-state index is 0.531. The molecule has 1 aromatic rings. The minimum absolute atomic E-state index is 0.531. The van der Waals surface area contributed by atoms with Crippen LogP contribution in [0.2, 0.25) is 0 Å². The molecule has 0 N–H and O–H groups in total. The molecular formula is C10H13ClS. The van der Waals surface area contributed by atoms with Gasteiger partial charge in [0.05, 0.1) is 0 Å². The van der Waals surface area contributed by atoms with Crippen LogP contribution in [0.3, 0.4) is 0 Å². The Morgan fingerprint density at radius 3 is 2.83 bits per heavy atom. The van der Waals surface area contributed by atoms with Crippen LogP contribution in [0.1, 0.15) is 24.8 Å². The molecule has 0 nitrogen and oxygen atoms in total. The summed E-state index contributed by atoms with van der Waals surface area (Å²) in [4.78, 5) is 0. The fraction of sp³-hybridized carbons (Fsp3) is 0.600. The van der Waals surface area contributed by atoms with Crippen molar-refractivity contribution in [2.24, 2.45) is 5.41 Å². The van der Waals surface area contributed by atoms with Gasteiger partial charge in [0, 0.05) is 5.88 Å². The number of alkyl halides is 1. The second-order valence-corrected chi connectivity index (χ2v) is 4.81. The first-order chi connectivity index (χ1) is 5.85. The molecule has 0 unspecified atom stereocenters. The van der Waals surface area contributed by atoms with Crippen molar-refractivity contribution in [3.63, 3.8) is 0 Å². The van der Waals surface area contributed by atoms with Crippen molar-refractivity contribution in [2.45, 2.75) is 25.7 Å². The molecule has 0 bridgehead atoms. The topological polar surface area (TPSA) is 0 Å². The molecule has 0 spiro atoms. The molecule has 12 heavy (non-hydrogen) atoms. The van der Waals surface area contributed by atoms with Crippen molar-refractivity contribution in [3.8, 4) is 0 Å². The number of rotatable bonds is 4. The lowest BCUT2D eigenvalue weighted by atomic mass is 10.0. The zero-order valence-corrected chi connectivity index (χ0v) is 8.63. The average molecular weight is 201 g/mol. The lowest BCUT2D eigenvalue weighted by molar-refractivity contribution is 0.525. The molecule has 1 fully saturated rings. The van der Waals surface area contributed by atoms with Crippen molar-refractivity contribution in [2.75, 3.05) is 5.88 Å². The van der Waals surface area contributed by atoms with Gasteiger partial charge in [0.25, 0.3) is 0 Å². The number of hydrogen-bond donors (Lipinski definition) is 0. The average Bonchev–Trinajstić information content (AvgIpc) is 2.70. The van der Waals surface area contributed by atoms with Crippen molar-refractivity contribution in [1.82, 2.24) is 0 Å². The van der Waals surface area contributed by atoms with E-state index in [4.69, 9.17) is 11.6 Å². The van der Waals surface area contributed by atoms with Crippen LogP contribution >= 0.6 is 22.9 Å². The molecule has 0 aliphatic heterocycles. The number of hydrogen-bond acceptors (Lipinski definition) is 1. The van der Waals surface area contributed by atoms with Gasteiger partial charge in [-0.15, -0.1) is 11.6 Å². The van der Waals surface area contributed by atoms with E-state index in [0.29, 0.717) is 5.41 Å². The molecule has 0 aromatic carbocycles. The van der Waals surface area contributed by atoms with E-state index in [2.05, 4.69) is 16.8 Å². The van der Waals surface area contributed by atoms with Gasteiger partial charge >= 0.3 is 0 Å². The second kappa shape index (κ2) is 3.39. The fourth-order valence-electron chi connectivity index (χ4n) is 1.47. The Labute approximate surface area is 82.6 Å². The van der Waals surface area contributed by atoms with Crippen molar-refractivity contribution in [3.05, 3.63) is 22.4 Å². The fourth-order valence-corrected chi connectivity index (χ4v) is 2.58. The van der Waals surface area contributed by atoms with Crippen molar-refractivity contribution in [1.29, 1.82) is 0 Å². The largest absolute Gasteiger partial charge is 0.152 e. The highest BCUT2D eigenvalue weighted by molar-refractivity contribution is 7.07. The van der Waals surface area contributed by atoms with E-state index in [0.717, 1.165) is 5.88 Å². The first kappa shape index (κ1) is 8.58. The van der Waals surface area contributed by atoms with Crippen LogP contribution in [0.4, 0.5) is 0 Å². The molecule has 0 saturated heterocycles. The lowest BCUT2D eigenvalue weighted by Gasteiger charge is -2.08. The maximum atomic E-state index is 5.90. The number of thiophene rings is 1. The maximum absolute atomic E-state index is 5.90. The third-order valence-electron chi connectivity index (χ3n) is 2.76. The van der Waals surface area contributed by atoms with Gasteiger partial charge < -0.3 is 0 Å². The molecule has 66 valence electrons. The SMILES string of the molecule is ClCC1(CCc2ccsc2)CC1. The quantitative estimate of drug-likeness (QED) is 0.651. The van der Waals surface area contributed by atoms with E-state index in [1.54, 1.807) is 11.3 Å². The third-order valence-corrected chi connectivity index (χ3v) is 4.06. The normalized spacial score (nSPS) is 19.4. The van der Waals surface area contributed by atoms with E-state index < -0.39 is 0 Å². The maximum Gasteiger partial charge on any atom is 0.0280 e. The highest BCUT2D eigenvalue weighted by atomic mass is 35.5. The van der Waals surface area contributed by atoms with Gasteiger partial charge in [-0.25, -0.2) is 0 Å². The van der Waals surface area contributed by atoms with E-state index >= 15 is 0 Å². The zero-order chi connectivity index (χ0) is 8.44. The molecule has 1 saturated carbocycles. The van der Waals surface area contributed by atoms with Crippen LogP contribution in [-0.4, -0.2) is 5.88 Å². The molecule has 2 heteroatoms. The Kier molecular flexibility index (Phi) is 2.42.